The quantitative estimate of drug-likeness (QED) is 0.0472. The molecule has 0 heterocycles. The molecule has 6 nitrogen and oxygen atoms in total. The predicted molar refractivity (Wildman–Crippen MR) is 198 cm³/mol. The van der Waals surface area contributed by atoms with Gasteiger partial charge in [-0.2, -0.15) is 0 Å². The van der Waals surface area contributed by atoms with Crippen molar-refractivity contribution in [3.8, 4) is 0 Å². The second-order valence-electron chi connectivity index (χ2n) is 11.5. The fourth-order valence-electron chi connectivity index (χ4n) is 4.67. The Morgan fingerprint density at radius 1 is 0.395 bits per heavy atom. The van der Waals surface area contributed by atoms with Crippen molar-refractivity contribution in [1.29, 1.82) is 0 Å². The molecular weight excluding hydrogens is 719 g/mol. The molecule has 0 saturated heterocycles. The van der Waals surface area contributed by atoms with Gasteiger partial charge in [-0.3, -0.25) is 0 Å². The van der Waals surface area contributed by atoms with Crippen molar-refractivity contribution in [3.05, 3.63) is 0 Å². The molecule has 0 rings (SSSR count). The zero-order chi connectivity index (χ0) is 32.1. The average Bonchev–Trinajstić information content (AvgIpc) is 3.03. The van der Waals surface area contributed by atoms with Gasteiger partial charge in [-0.25, -0.2) is 0 Å². The van der Waals surface area contributed by atoms with Crippen LogP contribution in [0.5, 0.6) is 0 Å². The van der Waals surface area contributed by atoms with Crippen LogP contribution in [0.1, 0.15) is 132 Å². The molecule has 0 saturated carbocycles. The molecule has 0 aromatic rings. The Balaban J connectivity index is 5.54. The summed E-state index contributed by atoms with van der Waals surface area (Å²) in [5, 5.41) is 0. The molecule has 0 aliphatic rings. The van der Waals surface area contributed by atoms with Crippen LogP contribution in [0.4, 0.5) is 0 Å². The molecule has 0 aliphatic carbocycles. The van der Waals surface area contributed by atoms with Crippen molar-refractivity contribution >= 4 is 51.1 Å². The van der Waals surface area contributed by atoms with E-state index in [1.165, 1.54) is 46.1 Å². The van der Waals surface area contributed by atoms with Crippen LogP contribution < -0.4 is 0 Å². The first kappa shape index (κ1) is 44.7. The monoisotopic (exact) mass is 792 g/mol. The molecule has 0 aliphatic heterocycles. The Morgan fingerprint density at radius 2 is 0.674 bits per heavy atom. The third kappa shape index (κ3) is 21.3. The van der Waals surface area contributed by atoms with Gasteiger partial charge < -0.3 is 0 Å². The standard InChI is InChI=1S/2C12H28O3SSi.2C4H9.Sn/c2*1-4-8-13-17(12-7-11-16,14-9-5-2)15-10-6-3;2*1-3-4-2;/h2*16H,4-12H2,1-3H3;2*1,3-4H2,2H3;/q;;;;+2/p-2. The summed E-state index contributed by atoms with van der Waals surface area (Å²) in [7, 11) is -0.437. The van der Waals surface area contributed by atoms with Crippen LogP contribution in [0.25, 0.3) is 0 Å². The second-order valence-corrected chi connectivity index (χ2v) is 43.6. The number of rotatable bonds is 34. The van der Waals surface area contributed by atoms with E-state index in [2.05, 4.69) is 73.3 Å². The van der Waals surface area contributed by atoms with Gasteiger partial charge >= 0.3 is 282 Å². The summed E-state index contributed by atoms with van der Waals surface area (Å²) < 4.78 is 41.4. The average molecular weight is 792 g/mol. The third-order valence-electron chi connectivity index (χ3n) is 6.96. The van der Waals surface area contributed by atoms with Crippen LogP contribution in [0.3, 0.4) is 0 Å². The van der Waals surface area contributed by atoms with E-state index in [1.54, 1.807) is 0 Å². The zero-order valence-electron chi connectivity index (χ0n) is 29.7. The summed E-state index contributed by atoms with van der Waals surface area (Å²) in [6.45, 7) is 22.1. The molecule has 0 N–H and O–H groups in total. The van der Waals surface area contributed by atoms with Gasteiger partial charge in [-0.1, -0.05) is 0 Å². The van der Waals surface area contributed by atoms with Gasteiger partial charge in [0, 0.05) is 0 Å². The molecule has 11 heteroatoms. The van der Waals surface area contributed by atoms with Gasteiger partial charge in [0.05, 0.1) is 0 Å². The van der Waals surface area contributed by atoms with Crippen molar-refractivity contribution in [2.45, 2.75) is 153 Å². The summed E-state index contributed by atoms with van der Waals surface area (Å²) in [5.74, 6) is 2.42. The zero-order valence-corrected chi connectivity index (χ0v) is 36.2. The van der Waals surface area contributed by atoms with Gasteiger partial charge in [-0.05, 0) is 0 Å². The van der Waals surface area contributed by atoms with Crippen LogP contribution in [0.2, 0.25) is 21.0 Å². The molecule has 0 fully saturated rings. The van der Waals surface area contributed by atoms with Crippen molar-refractivity contribution < 1.29 is 26.6 Å². The van der Waals surface area contributed by atoms with Crippen LogP contribution in [-0.4, -0.2) is 84.4 Å². The molecule has 43 heavy (non-hydrogen) atoms. The summed E-state index contributed by atoms with van der Waals surface area (Å²) in [5.41, 5.74) is 0. The Labute approximate surface area is 280 Å². The van der Waals surface area contributed by atoms with Crippen LogP contribution in [0.15, 0.2) is 0 Å². The van der Waals surface area contributed by atoms with Gasteiger partial charge in [-0.15, -0.1) is 0 Å². The molecular formula is C32H72O6S2Si2Sn. The van der Waals surface area contributed by atoms with Gasteiger partial charge in [0.1, 0.15) is 0 Å². The molecule has 0 atom stereocenters. The van der Waals surface area contributed by atoms with Crippen LogP contribution in [0, 0.1) is 0 Å². The van der Waals surface area contributed by atoms with E-state index in [0.29, 0.717) is 0 Å². The topological polar surface area (TPSA) is 55.4 Å². The maximum absolute atomic E-state index is 6.41. The fourth-order valence-corrected chi connectivity index (χ4v) is 42.1. The van der Waals surface area contributed by atoms with E-state index < -0.39 is 33.2 Å². The van der Waals surface area contributed by atoms with E-state index in [0.717, 1.165) is 103 Å². The van der Waals surface area contributed by atoms with E-state index in [4.69, 9.17) is 26.6 Å². The number of hydrogen-bond acceptors (Lipinski definition) is 8. The Morgan fingerprint density at radius 3 is 0.907 bits per heavy atom. The molecule has 0 aromatic heterocycles. The normalized spacial score (nSPS) is 12.8. The van der Waals surface area contributed by atoms with E-state index >= 15 is 0 Å². The molecule has 260 valence electrons. The molecule has 0 spiro atoms. The van der Waals surface area contributed by atoms with E-state index in [-0.39, 0.29) is 0 Å². The minimum atomic E-state index is -2.63. The van der Waals surface area contributed by atoms with Gasteiger partial charge in [0.2, 0.25) is 0 Å². The fraction of sp³-hybridized carbons (Fsp3) is 1.00. The molecule has 0 unspecified atom stereocenters. The van der Waals surface area contributed by atoms with Crippen molar-refractivity contribution in [2.24, 2.45) is 0 Å². The minimum absolute atomic E-state index is 0.732. The molecule has 0 amide bonds. The first-order valence-corrected chi connectivity index (χ1v) is 34.9. The molecule has 0 bridgehead atoms. The maximum atomic E-state index is 6.41. The summed E-state index contributed by atoms with van der Waals surface area (Å²) >= 11 is -2.49. The summed E-state index contributed by atoms with van der Waals surface area (Å²) in [4.78, 5) is 0. The van der Waals surface area contributed by atoms with Crippen LogP contribution in [-0.2, 0) is 26.6 Å². The second kappa shape index (κ2) is 29.8. The van der Waals surface area contributed by atoms with Crippen molar-refractivity contribution in [1.82, 2.24) is 0 Å². The molecule has 0 radical (unpaired) electrons. The third-order valence-corrected chi connectivity index (χ3v) is 43.9. The number of hydrogen-bond donors (Lipinski definition) is 0. The van der Waals surface area contributed by atoms with E-state index in [1.807, 2.05) is 0 Å². The first-order valence-electron chi connectivity index (χ1n) is 18.0. The Bertz CT molecular complexity index is 519. The van der Waals surface area contributed by atoms with Crippen molar-refractivity contribution in [3.63, 3.8) is 0 Å². The summed E-state index contributed by atoms with van der Waals surface area (Å²) in [6, 6.07) is 1.89. The molecule has 0 aromatic carbocycles. The van der Waals surface area contributed by atoms with E-state index in [9.17, 15) is 0 Å². The van der Waals surface area contributed by atoms with Gasteiger partial charge in [0.15, 0.2) is 0 Å². The first-order chi connectivity index (χ1) is 20.9. The van der Waals surface area contributed by atoms with Gasteiger partial charge in [0.25, 0.3) is 0 Å². The van der Waals surface area contributed by atoms with Crippen molar-refractivity contribution in [2.75, 3.05) is 51.1 Å². The van der Waals surface area contributed by atoms with Crippen LogP contribution >= 0.6 is 17.9 Å². The Kier molecular flexibility index (Phi) is 31.0. The summed E-state index contributed by atoms with van der Waals surface area (Å²) in [6.07, 6.45) is 13.6. The number of unbranched alkanes of at least 4 members (excludes halogenated alkanes) is 2. The predicted octanol–water partition coefficient (Wildman–Crippen LogP) is 10.7. The SMILES string of the molecule is CCC[CH2][Sn]([CH2]CCC)([S]CCC[Si](OCCC)(OCCC)OCCC)[S]CCC[Si](OCCC)(OCCC)OCCC. The Hall–Kier alpha value is 1.69.